The largest absolute Gasteiger partial charge is 0.342 e. The molecule has 0 spiro atoms. The summed E-state index contributed by atoms with van der Waals surface area (Å²) < 4.78 is 0. The first-order valence-corrected chi connectivity index (χ1v) is 7.30. The fourth-order valence-electron chi connectivity index (χ4n) is 2.76. The molecule has 0 aliphatic rings. The molecule has 112 valence electrons. The summed E-state index contributed by atoms with van der Waals surface area (Å²) in [5.74, 6) is 0.851. The van der Waals surface area contributed by atoms with Gasteiger partial charge in [-0.1, -0.05) is 36.4 Å². The van der Waals surface area contributed by atoms with Crippen LogP contribution in [0.15, 0.2) is 60.7 Å². The number of aromatic nitrogens is 2. The average Bonchev–Trinajstić information content (AvgIpc) is 2.94. The predicted molar refractivity (Wildman–Crippen MR) is 89.5 cm³/mol. The van der Waals surface area contributed by atoms with E-state index in [1.807, 2.05) is 12.1 Å². The van der Waals surface area contributed by atoms with Crippen molar-refractivity contribution >= 4 is 27.5 Å². The number of rotatable bonds is 3. The van der Waals surface area contributed by atoms with Crippen molar-refractivity contribution in [3.05, 3.63) is 82.2 Å². The third-order valence-electron chi connectivity index (χ3n) is 3.92. The quantitative estimate of drug-likeness (QED) is 0.455. The zero-order valence-corrected chi connectivity index (χ0v) is 12.2. The fraction of sp³-hybridized carbons (Fsp3) is 0.0556. The van der Waals surface area contributed by atoms with Gasteiger partial charge in [0.1, 0.15) is 5.82 Å². The second-order valence-electron chi connectivity index (χ2n) is 5.50. The van der Waals surface area contributed by atoms with E-state index in [-0.39, 0.29) is 5.69 Å². The molecule has 0 aliphatic carbocycles. The van der Waals surface area contributed by atoms with E-state index in [4.69, 9.17) is 0 Å². The Kier molecular flexibility index (Phi) is 3.05. The summed E-state index contributed by atoms with van der Waals surface area (Å²) in [5, 5.41) is 13.0. The van der Waals surface area contributed by atoms with Crippen LogP contribution in [-0.2, 0) is 6.42 Å². The van der Waals surface area contributed by atoms with Gasteiger partial charge in [0, 0.05) is 18.6 Å². The highest BCUT2D eigenvalue weighted by Gasteiger charge is 2.08. The van der Waals surface area contributed by atoms with E-state index >= 15 is 0 Å². The SMILES string of the molecule is O=[N+]([O-])c1ccc(Cc2nc3cc4ccccc4cc3[nH]2)cc1. The molecule has 0 bridgehead atoms. The molecular formula is C18H13N3O2. The number of nitro benzene ring substituents is 1. The Morgan fingerprint density at radius 1 is 1.00 bits per heavy atom. The van der Waals surface area contributed by atoms with Gasteiger partial charge < -0.3 is 4.98 Å². The van der Waals surface area contributed by atoms with Crippen molar-refractivity contribution in [1.82, 2.24) is 9.97 Å². The van der Waals surface area contributed by atoms with Gasteiger partial charge in [0.2, 0.25) is 0 Å². The molecule has 0 fully saturated rings. The van der Waals surface area contributed by atoms with Crippen molar-refractivity contribution in [2.24, 2.45) is 0 Å². The van der Waals surface area contributed by atoms with Crippen LogP contribution >= 0.6 is 0 Å². The molecule has 0 amide bonds. The van der Waals surface area contributed by atoms with E-state index in [1.165, 1.54) is 17.5 Å². The molecule has 0 saturated heterocycles. The van der Waals surface area contributed by atoms with Gasteiger partial charge in [-0.15, -0.1) is 0 Å². The van der Waals surface area contributed by atoms with Crippen molar-refractivity contribution in [3.63, 3.8) is 0 Å². The van der Waals surface area contributed by atoms with Crippen molar-refractivity contribution in [2.45, 2.75) is 6.42 Å². The average molecular weight is 303 g/mol. The zero-order chi connectivity index (χ0) is 15.8. The topological polar surface area (TPSA) is 71.8 Å². The van der Waals surface area contributed by atoms with E-state index < -0.39 is 4.92 Å². The van der Waals surface area contributed by atoms with Gasteiger partial charge in [-0.25, -0.2) is 4.98 Å². The van der Waals surface area contributed by atoms with E-state index in [2.05, 4.69) is 34.2 Å². The summed E-state index contributed by atoms with van der Waals surface area (Å²) in [7, 11) is 0. The highest BCUT2D eigenvalue weighted by molar-refractivity contribution is 5.95. The smallest absolute Gasteiger partial charge is 0.269 e. The number of fused-ring (bicyclic) bond motifs is 2. The summed E-state index contributed by atoms with van der Waals surface area (Å²) >= 11 is 0. The van der Waals surface area contributed by atoms with Crippen molar-refractivity contribution in [2.75, 3.05) is 0 Å². The Bertz CT molecular complexity index is 967. The van der Waals surface area contributed by atoms with Crippen LogP contribution in [0.5, 0.6) is 0 Å². The number of benzene rings is 3. The number of H-pyrrole nitrogens is 1. The fourth-order valence-corrected chi connectivity index (χ4v) is 2.76. The molecular weight excluding hydrogens is 290 g/mol. The van der Waals surface area contributed by atoms with Crippen LogP contribution in [0.4, 0.5) is 5.69 Å². The standard InChI is InChI=1S/C18H13N3O2/c22-21(23)15-7-5-12(6-8-15)9-18-19-16-10-13-3-1-2-4-14(13)11-17(16)20-18/h1-8,10-11H,9H2,(H,19,20). The van der Waals surface area contributed by atoms with Crippen molar-refractivity contribution < 1.29 is 4.92 Å². The van der Waals surface area contributed by atoms with Crippen LogP contribution in [0.1, 0.15) is 11.4 Å². The van der Waals surface area contributed by atoms with Crippen LogP contribution in [-0.4, -0.2) is 14.9 Å². The molecule has 0 atom stereocenters. The zero-order valence-electron chi connectivity index (χ0n) is 12.2. The van der Waals surface area contributed by atoms with Gasteiger partial charge in [-0.3, -0.25) is 10.1 Å². The lowest BCUT2D eigenvalue weighted by molar-refractivity contribution is -0.384. The predicted octanol–water partition coefficient (Wildman–Crippen LogP) is 4.22. The minimum atomic E-state index is -0.392. The van der Waals surface area contributed by atoms with Crippen LogP contribution in [0, 0.1) is 10.1 Å². The second-order valence-corrected chi connectivity index (χ2v) is 5.50. The number of non-ortho nitro benzene ring substituents is 1. The minimum Gasteiger partial charge on any atom is -0.342 e. The van der Waals surface area contributed by atoms with Crippen LogP contribution < -0.4 is 0 Å². The molecule has 1 aromatic heterocycles. The third-order valence-corrected chi connectivity index (χ3v) is 3.92. The molecule has 23 heavy (non-hydrogen) atoms. The van der Waals surface area contributed by atoms with Gasteiger partial charge in [0.15, 0.2) is 0 Å². The van der Waals surface area contributed by atoms with Gasteiger partial charge in [-0.05, 0) is 28.5 Å². The molecule has 0 aliphatic heterocycles. The Balaban J connectivity index is 1.68. The summed E-state index contributed by atoms with van der Waals surface area (Å²) in [6.45, 7) is 0. The lowest BCUT2D eigenvalue weighted by Gasteiger charge is -1.97. The Morgan fingerprint density at radius 3 is 2.39 bits per heavy atom. The molecule has 0 unspecified atom stereocenters. The maximum atomic E-state index is 10.7. The van der Waals surface area contributed by atoms with Crippen molar-refractivity contribution in [1.29, 1.82) is 0 Å². The molecule has 1 heterocycles. The first-order valence-electron chi connectivity index (χ1n) is 7.30. The highest BCUT2D eigenvalue weighted by Crippen LogP contribution is 2.22. The third kappa shape index (κ3) is 2.53. The first-order chi connectivity index (χ1) is 11.2. The van der Waals surface area contributed by atoms with Crippen LogP contribution in [0.25, 0.3) is 21.8 Å². The molecule has 5 heteroatoms. The Labute approximate surface area is 131 Å². The van der Waals surface area contributed by atoms with E-state index in [0.717, 1.165) is 27.8 Å². The molecule has 4 rings (SSSR count). The molecule has 4 aromatic rings. The number of imidazole rings is 1. The van der Waals surface area contributed by atoms with E-state index in [1.54, 1.807) is 12.1 Å². The monoisotopic (exact) mass is 303 g/mol. The molecule has 0 saturated carbocycles. The number of aromatic amines is 1. The summed E-state index contributed by atoms with van der Waals surface area (Å²) in [5.41, 5.74) is 3.02. The lowest BCUT2D eigenvalue weighted by Crippen LogP contribution is -1.92. The Hall–Kier alpha value is -3.21. The normalized spacial score (nSPS) is 11.1. The van der Waals surface area contributed by atoms with Crippen LogP contribution in [0.3, 0.4) is 0 Å². The number of nitrogens with zero attached hydrogens (tertiary/aromatic N) is 2. The number of nitrogens with one attached hydrogen (secondary N) is 1. The first kappa shape index (κ1) is 13.5. The maximum absolute atomic E-state index is 10.7. The lowest BCUT2D eigenvalue weighted by atomic mass is 10.1. The molecule has 1 N–H and O–H groups in total. The molecule has 0 radical (unpaired) electrons. The Morgan fingerprint density at radius 2 is 1.70 bits per heavy atom. The maximum Gasteiger partial charge on any atom is 0.269 e. The minimum absolute atomic E-state index is 0.101. The summed E-state index contributed by atoms with van der Waals surface area (Å²) in [4.78, 5) is 18.3. The second kappa shape index (κ2) is 5.21. The number of nitro groups is 1. The van der Waals surface area contributed by atoms with Gasteiger partial charge in [-0.2, -0.15) is 0 Å². The van der Waals surface area contributed by atoms with E-state index in [9.17, 15) is 10.1 Å². The molecule has 3 aromatic carbocycles. The number of hydrogen-bond acceptors (Lipinski definition) is 3. The van der Waals surface area contributed by atoms with Crippen LogP contribution in [0.2, 0.25) is 0 Å². The van der Waals surface area contributed by atoms with Gasteiger partial charge in [0.05, 0.1) is 16.0 Å². The van der Waals surface area contributed by atoms with Gasteiger partial charge in [0.25, 0.3) is 5.69 Å². The summed E-state index contributed by atoms with van der Waals surface area (Å²) in [6, 6.07) is 18.9. The van der Waals surface area contributed by atoms with Crippen molar-refractivity contribution in [3.8, 4) is 0 Å². The molecule has 5 nitrogen and oxygen atoms in total. The van der Waals surface area contributed by atoms with Gasteiger partial charge >= 0.3 is 0 Å². The summed E-state index contributed by atoms with van der Waals surface area (Å²) in [6.07, 6.45) is 0.614. The number of hydrogen-bond donors (Lipinski definition) is 1. The highest BCUT2D eigenvalue weighted by atomic mass is 16.6. The van der Waals surface area contributed by atoms with E-state index in [0.29, 0.717) is 6.42 Å².